The van der Waals surface area contributed by atoms with Gasteiger partial charge in [-0.1, -0.05) is 0 Å². The van der Waals surface area contributed by atoms with Crippen LogP contribution in [0.2, 0.25) is 0 Å². The van der Waals surface area contributed by atoms with E-state index < -0.39 is 0 Å². The Bertz CT molecular complexity index is 75.5. The van der Waals surface area contributed by atoms with Gasteiger partial charge in [-0.2, -0.15) is 0 Å². The molecule has 0 fully saturated rings. The first-order chi connectivity index (χ1) is 6.66. The first-order valence-electron chi connectivity index (χ1n) is 3.36. The molecule has 97 valence electrons. The molecule has 8 N–H and O–H groups in total. The summed E-state index contributed by atoms with van der Waals surface area (Å²) >= 11 is 0. The largest absolute Gasteiger partial charge is 0.444 e. The maximum atomic E-state index is 8.00. The van der Waals surface area contributed by atoms with Crippen LogP contribution in [0.25, 0.3) is 0 Å². The summed E-state index contributed by atoms with van der Waals surface area (Å²) in [5, 5.41) is 18.0. The van der Waals surface area contributed by atoms with Crippen molar-refractivity contribution in [2.75, 3.05) is 26.2 Å². The van der Waals surface area contributed by atoms with Crippen LogP contribution in [0.4, 0.5) is 0 Å². The molecule has 10 nitrogen and oxygen atoms in total. The van der Waals surface area contributed by atoms with Gasteiger partial charge in [-0.3, -0.25) is 0 Å². The molecule has 0 unspecified atom stereocenters. The van der Waals surface area contributed by atoms with Gasteiger partial charge in [0.05, 0.1) is 0 Å². The Morgan fingerprint density at radius 1 is 0.733 bits per heavy atom. The van der Waals surface area contributed by atoms with Crippen LogP contribution in [0.5, 0.6) is 0 Å². The summed E-state index contributed by atoms with van der Waals surface area (Å²) in [4.78, 5) is 16.0. The van der Waals surface area contributed by atoms with Crippen molar-refractivity contribution in [1.82, 2.24) is 0 Å². The molecular formula is C4H16CoN6O4-2. The van der Waals surface area contributed by atoms with E-state index in [0.717, 1.165) is 10.7 Å². The monoisotopic (exact) mass is 271 g/mol. The Kier molecular flexibility index (Phi) is 143. The Balaban J connectivity index is -0.0000000293. The topological polar surface area (TPSA) is 209 Å². The minimum absolute atomic E-state index is 0. The van der Waals surface area contributed by atoms with Gasteiger partial charge in [0.1, 0.15) is 0 Å². The molecule has 0 atom stereocenters. The van der Waals surface area contributed by atoms with Crippen LogP contribution >= 0.6 is 0 Å². The molecule has 0 aliphatic heterocycles. The number of nitrogens with two attached hydrogens (primary N) is 4. The predicted octanol–water partition coefficient (Wildman–Crippen LogP) is -1.69. The molecule has 0 heterocycles. The fourth-order valence-corrected chi connectivity index (χ4v) is 0. The van der Waals surface area contributed by atoms with E-state index in [1.165, 1.54) is 0 Å². The van der Waals surface area contributed by atoms with Crippen LogP contribution in [0.3, 0.4) is 0 Å². The van der Waals surface area contributed by atoms with Crippen molar-refractivity contribution >= 4 is 0 Å². The average Bonchev–Trinajstić information content (AvgIpc) is 2.20. The molecule has 0 bridgehead atoms. The molecule has 0 aliphatic rings. The van der Waals surface area contributed by atoms with Gasteiger partial charge in [0.25, 0.3) is 0 Å². The Hall–Kier alpha value is -0.854. The Morgan fingerprint density at radius 2 is 0.800 bits per heavy atom. The third kappa shape index (κ3) is 1240. The molecule has 0 amide bonds. The minimum Gasteiger partial charge on any atom is -0.444 e. The summed E-state index contributed by atoms with van der Waals surface area (Å²) in [6, 6.07) is 0. The smallest absolute Gasteiger partial charge is 0.00461 e. The van der Waals surface area contributed by atoms with Crippen LogP contribution in [-0.2, 0) is 16.8 Å². The van der Waals surface area contributed by atoms with Gasteiger partial charge in [-0.15, -0.1) is 10.7 Å². The van der Waals surface area contributed by atoms with Crippen LogP contribution in [0.1, 0.15) is 0 Å². The quantitative estimate of drug-likeness (QED) is 0.335. The van der Waals surface area contributed by atoms with Gasteiger partial charge in [0.2, 0.25) is 0 Å². The fraction of sp³-hybridized carbons (Fsp3) is 1.00. The summed E-state index contributed by atoms with van der Waals surface area (Å²) in [6.45, 7) is 2.39. The minimum atomic E-state index is 0. The van der Waals surface area contributed by atoms with Crippen molar-refractivity contribution in [3.63, 3.8) is 0 Å². The van der Waals surface area contributed by atoms with Crippen LogP contribution in [0, 0.1) is 20.2 Å². The van der Waals surface area contributed by atoms with Crippen molar-refractivity contribution in [2.45, 2.75) is 0 Å². The summed E-state index contributed by atoms with van der Waals surface area (Å²) in [7, 11) is 0. The third-order valence-corrected chi connectivity index (χ3v) is 0.333. The molecule has 0 saturated carbocycles. The van der Waals surface area contributed by atoms with E-state index in [2.05, 4.69) is 0 Å². The molecule has 0 rings (SSSR count). The molecule has 0 aliphatic carbocycles. The van der Waals surface area contributed by atoms with Gasteiger partial charge in [0, 0.05) is 43.0 Å². The van der Waals surface area contributed by atoms with E-state index in [4.69, 9.17) is 43.2 Å². The summed E-state index contributed by atoms with van der Waals surface area (Å²) in [5.74, 6) is 0. The fourth-order valence-electron chi connectivity index (χ4n) is 0. The second-order valence-corrected chi connectivity index (χ2v) is 1.30. The Labute approximate surface area is 97.4 Å². The first-order valence-corrected chi connectivity index (χ1v) is 3.36. The molecule has 1 radical (unpaired) electrons. The van der Waals surface area contributed by atoms with Crippen molar-refractivity contribution in [3.05, 3.63) is 20.2 Å². The van der Waals surface area contributed by atoms with Crippen molar-refractivity contribution in [1.29, 1.82) is 0 Å². The Morgan fingerprint density at radius 3 is 0.800 bits per heavy atom. The standard InChI is InChI=1S/2C2H8N2.Co.2HNO2/c2*3-1-2-4;;2*2-1-3/h2*1-4H2;;2*(H,2,3)/p-2. The maximum Gasteiger partial charge on any atom is 0.00461 e. The summed E-state index contributed by atoms with van der Waals surface area (Å²) in [6.07, 6.45) is 0. The predicted molar refractivity (Wildman–Crippen MR) is 54.5 cm³/mol. The number of rotatable bonds is 2. The van der Waals surface area contributed by atoms with E-state index in [-0.39, 0.29) is 16.8 Å². The van der Waals surface area contributed by atoms with E-state index in [1.54, 1.807) is 0 Å². The third-order valence-electron chi connectivity index (χ3n) is 0.333. The zero-order valence-corrected chi connectivity index (χ0v) is 9.04. The number of nitrogens with zero attached hydrogens (tertiary/aromatic N) is 2. The van der Waals surface area contributed by atoms with Crippen LogP contribution in [-0.4, -0.2) is 26.2 Å². The van der Waals surface area contributed by atoms with Gasteiger partial charge < -0.3 is 43.2 Å². The van der Waals surface area contributed by atoms with Crippen molar-refractivity contribution < 1.29 is 16.8 Å². The molecule has 0 aromatic rings. The number of hydrogen-bond acceptors (Lipinski definition) is 10. The SMILES string of the molecule is NCCN.NCCN.O=N[O-].O=N[O-].[Co]. The molecule has 0 aromatic heterocycles. The zero-order valence-electron chi connectivity index (χ0n) is 8.00. The van der Waals surface area contributed by atoms with Gasteiger partial charge in [-0.05, 0) is 0 Å². The zero-order chi connectivity index (χ0) is 12.2. The summed E-state index contributed by atoms with van der Waals surface area (Å²) in [5.41, 5.74) is 19.6. The maximum absolute atomic E-state index is 8.00. The van der Waals surface area contributed by atoms with E-state index in [9.17, 15) is 0 Å². The molecular weight excluding hydrogens is 255 g/mol. The van der Waals surface area contributed by atoms with Crippen molar-refractivity contribution in [2.24, 2.45) is 33.6 Å². The second-order valence-electron chi connectivity index (χ2n) is 1.30. The van der Waals surface area contributed by atoms with Crippen LogP contribution in [0.15, 0.2) is 10.7 Å². The molecule has 0 aromatic carbocycles. The first kappa shape index (κ1) is 29.2. The van der Waals surface area contributed by atoms with Gasteiger partial charge in [0.15, 0.2) is 0 Å². The van der Waals surface area contributed by atoms with Gasteiger partial charge >= 0.3 is 0 Å². The molecule has 15 heavy (non-hydrogen) atoms. The summed E-state index contributed by atoms with van der Waals surface area (Å²) < 4.78 is 0. The normalized spacial score (nSPS) is 5.60. The van der Waals surface area contributed by atoms with Crippen molar-refractivity contribution in [3.8, 4) is 0 Å². The van der Waals surface area contributed by atoms with E-state index in [1.807, 2.05) is 0 Å². The van der Waals surface area contributed by atoms with E-state index >= 15 is 0 Å². The molecule has 0 saturated heterocycles. The number of hydrogen-bond donors (Lipinski definition) is 4. The van der Waals surface area contributed by atoms with Gasteiger partial charge in [-0.25, -0.2) is 0 Å². The molecule has 11 heteroatoms. The van der Waals surface area contributed by atoms with Crippen LogP contribution < -0.4 is 22.9 Å². The van der Waals surface area contributed by atoms with E-state index in [0.29, 0.717) is 26.2 Å². The second kappa shape index (κ2) is 73.2. The molecule has 0 spiro atoms. The average molecular weight is 271 g/mol.